The molecule has 0 bridgehead atoms. The second kappa shape index (κ2) is 3.84. The predicted molar refractivity (Wildman–Crippen MR) is 53.7 cm³/mol. The summed E-state index contributed by atoms with van der Waals surface area (Å²) in [5, 5.41) is 0. The van der Waals surface area contributed by atoms with E-state index in [9.17, 15) is 22.0 Å². The van der Waals surface area contributed by atoms with E-state index < -0.39 is 28.8 Å². The lowest BCUT2D eigenvalue weighted by molar-refractivity contribution is -0.294. The molecule has 0 nitrogen and oxygen atoms in total. The molecule has 0 spiro atoms. The minimum atomic E-state index is -5.22. The Morgan fingerprint density at radius 1 is 0.750 bits per heavy atom. The molecule has 0 aromatic carbocycles. The maximum Gasteiger partial charge on any atom is 0.425 e. The molecule has 0 N–H and O–H groups in total. The van der Waals surface area contributed by atoms with Crippen molar-refractivity contribution in [3.05, 3.63) is 0 Å². The lowest BCUT2D eigenvalue weighted by Crippen LogP contribution is -2.61. The van der Waals surface area contributed by atoms with Crippen LogP contribution in [0.5, 0.6) is 0 Å². The van der Waals surface area contributed by atoms with Gasteiger partial charge in [-0.05, 0) is 5.41 Å². The second-order valence-corrected chi connectivity index (χ2v) is 6.19. The highest BCUT2D eigenvalue weighted by Crippen LogP contribution is 2.53. The summed E-state index contributed by atoms with van der Waals surface area (Å²) in [5.74, 6) is 0. The SMILES string of the molecule is CC(C)(C)C(F)C(F)(C(C)(C)C)C(F)(F)F. The molecule has 0 aromatic heterocycles. The average Bonchev–Trinajstić information content (AvgIpc) is 1.95. The van der Waals surface area contributed by atoms with Crippen LogP contribution in [0.25, 0.3) is 0 Å². The molecule has 16 heavy (non-hydrogen) atoms. The van der Waals surface area contributed by atoms with Crippen LogP contribution >= 0.6 is 0 Å². The first-order chi connectivity index (χ1) is 6.65. The lowest BCUT2D eigenvalue weighted by atomic mass is 9.68. The first-order valence-electron chi connectivity index (χ1n) is 5.05. The molecule has 0 aliphatic carbocycles. The Morgan fingerprint density at radius 3 is 1.12 bits per heavy atom. The lowest BCUT2D eigenvalue weighted by Gasteiger charge is -2.45. The zero-order valence-corrected chi connectivity index (χ0v) is 10.5. The molecule has 5 heteroatoms. The Bertz CT molecular complexity index is 227. The van der Waals surface area contributed by atoms with E-state index in [1.54, 1.807) is 0 Å². The fraction of sp³-hybridized carbons (Fsp3) is 1.00. The molecule has 0 fully saturated rings. The van der Waals surface area contributed by atoms with Crippen LogP contribution in [-0.4, -0.2) is 18.0 Å². The van der Waals surface area contributed by atoms with Crippen molar-refractivity contribution in [2.24, 2.45) is 10.8 Å². The number of rotatable bonds is 1. The summed E-state index contributed by atoms with van der Waals surface area (Å²) in [6.45, 7) is 6.92. The zero-order chi connectivity index (χ0) is 13.6. The van der Waals surface area contributed by atoms with Crippen molar-refractivity contribution in [3.8, 4) is 0 Å². The van der Waals surface area contributed by atoms with Gasteiger partial charge in [-0.25, -0.2) is 8.78 Å². The van der Waals surface area contributed by atoms with E-state index in [2.05, 4.69) is 0 Å². The standard InChI is InChI=1S/C11H19F5/c1-8(2,3)7(12)10(13,9(4,5)6)11(14,15)16/h7H,1-6H3. The summed E-state index contributed by atoms with van der Waals surface area (Å²) in [4.78, 5) is 0. The predicted octanol–water partition coefficient (Wildman–Crippen LogP) is 4.69. The molecule has 0 radical (unpaired) electrons. The number of halogens is 5. The molecule has 2 atom stereocenters. The van der Waals surface area contributed by atoms with Crippen LogP contribution in [0.4, 0.5) is 22.0 Å². The first-order valence-corrected chi connectivity index (χ1v) is 5.05. The van der Waals surface area contributed by atoms with Gasteiger partial charge >= 0.3 is 6.18 Å². The van der Waals surface area contributed by atoms with E-state index in [0.29, 0.717) is 0 Å². The van der Waals surface area contributed by atoms with Gasteiger partial charge in [-0.2, -0.15) is 13.2 Å². The Hall–Kier alpha value is -0.350. The minimum Gasteiger partial charge on any atom is -0.243 e. The van der Waals surface area contributed by atoms with Gasteiger partial charge in [-0.15, -0.1) is 0 Å². The van der Waals surface area contributed by atoms with Crippen LogP contribution in [0.3, 0.4) is 0 Å². The molecule has 2 unspecified atom stereocenters. The third kappa shape index (κ3) is 2.48. The van der Waals surface area contributed by atoms with E-state index in [1.807, 2.05) is 0 Å². The number of alkyl halides is 5. The van der Waals surface area contributed by atoms with Gasteiger partial charge in [0.25, 0.3) is 0 Å². The molecule has 0 rings (SSSR count). The molecule has 0 aliphatic rings. The molecular formula is C11H19F5. The second-order valence-electron chi connectivity index (χ2n) is 6.19. The summed E-state index contributed by atoms with van der Waals surface area (Å²) in [6.07, 6.45) is -7.84. The van der Waals surface area contributed by atoms with Crippen LogP contribution in [-0.2, 0) is 0 Å². The Balaban J connectivity index is 5.63. The van der Waals surface area contributed by atoms with Crippen LogP contribution < -0.4 is 0 Å². The fourth-order valence-electron chi connectivity index (χ4n) is 1.55. The van der Waals surface area contributed by atoms with Crippen molar-refractivity contribution in [3.63, 3.8) is 0 Å². The van der Waals surface area contributed by atoms with Crippen molar-refractivity contribution in [1.82, 2.24) is 0 Å². The highest BCUT2D eigenvalue weighted by atomic mass is 19.4. The van der Waals surface area contributed by atoms with Gasteiger partial charge in [0.15, 0.2) is 0 Å². The molecular weight excluding hydrogens is 227 g/mol. The smallest absolute Gasteiger partial charge is 0.243 e. The van der Waals surface area contributed by atoms with Crippen molar-refractivity contribution < 1.29 is 22.0 Å². The fourth-order valence-corrected chi connectivity index (χ4v) is 1.55. The molecule has 0 saturated carbocycles. The normalized spacial score (nSPS) is 20.4. The molecule has 0 heterocycles. The number of hydrogen-bond donors (Lipinski definition) is 0. The van der Waals surface area contributed by atoms with Gasteiger partial charge in [-0.3, -0.25) is 0 Å². The van der Waals surface area contributed by atoms with Gasteiger partial charge in [0.1, 0.15) is 6.17 Å². The summed E-state index contributed by atoms with van der Waals surface area (Å²) in [6, 6.07) is 0. The van der Waals surface area contributed by atoms with E-state index >= 15 is 0 Å². The monoisotopic (exact) mass is 246 g/mol. The van der Waals surface area contributed by atoms with Crippen molar-refractivity contribution in [2.75, 3.05) is 0 Å². The van der Waals surface area contributed by atoms with Crippen molar-refractivity contribution in [2.45, 2.75) is 59.6 Å². The summed E-state index contributed by atoms with van der Waals surface area (Å²) < 4.78 is 66.3. The van der Waals surface area contributed by atoms with E-state index in [0.717, 1.165) is 20.8 Å². The molecule has 0 aromatic rings. The van der Waals surface area contributed by atoms with E-state index in [-0.39, 0.29) is 0 Å². The van der Waals surface area contributed by atoms with Gasteiger partial charge in [0.05, 0.1) is 0 Å². The van der Waals surface area contributed by atoms with Crippen LogP contribution in [0.15, 0.2) is 0 Å². The highest BCUT2D eigenvalue weighted by molar-refractivity contribution is 5.06. The van der Waals surface area contributed by atoms with Crippen LogP contribution in [0.2, 0.25) is 0 Å². The molecule has 0 amide bonds. The third-order valence-electron chi connectivity index (χ3n) is 2.61. The average molecular weight is 246 g/mol. The zero-order valence-electron chi connectivity index (χ0n) is 10.5. The van der Waals surface area contributed by atoms with Crippen LogP contribution in [0, 0.1) is 10.8 Å². The van der Waals surface area contributed by atoms with Gasteiger partial charge in [0.2, 0.25) is 5.67 Å². The minimum absolute atomic E-state index is 1.05. The largest absolute Gasteiger partial charge is 0.425 e. The van der Waals surface area contributed by atoms with Gasteiger partial charge < -0.3 is 0 Å². The van der Waals surface area contributed by atoms with Crippen molar-refractivity contribution in [1.29, 1.82) is 0 Å². The van der Waals surface area contributed by atoms with E-state index in [4.69, 9.17) is 0 Å². The number of hydrogen-bond acceptors (Lipinski definition) is 0. The van der Waals surface area contributed by atoms with Gasteiger partial charge in [0, 0.05) is 5.41 Å². The molecule has 98 valence electrons. The first kappa shape index (κ1) is 15.7. The third-order valence-corrected chi connectivity index (χ3v) is 2.61. The Kier molecular flexibility index (Phi) is 3.76. The van der Waals surface area contributed by atoms with E-state index in [1.165, 1.54) is 20.8 Å². The summed E-state index contributed by atoms with van der Waals surface area (Å²) >= 11 is 0. The highest BCUT2D eigenvalue weighted by Gasteiger charge is 2.69. The quantitative estimate of drug-likeness (QED) is 0.589. The Labute approximate surface area is 93.2 Å². The van der Waals surface area contributed by atoms with Crippen LogP contribution in [0.1, 0.15) is 41.5 Å². The topological polar surface area (TPSA) is 0 Å². The summed E-state index contributed by atoms with van der Waals surface area (Å²) in [5.41, 5.74) is -7.10. The maximum absolute atomic E-state index is 14.2. The summed E-state index contributed by atoms with van der Waals surface area (Å²) in [7, 11) is 0. The maximum atomic E-state index is 14.2. The van der Waals surface area contributed by atoms with Crippen molar-refractivity contribution >= 4 is 0 Å². The molecule has 0 aliphatic heterocycles. The Morgan fingerprint density at radius 2 is 1.06 bits per heavy atom. The molecule has 0 saturated heterocycles. The van der Waals surface area contributed by atoms with Gasteiger partial charge in [-0.1, -0.05) is 41.5 Å².